The molecule has 0 heterocycles. The minimum absolute atomic E-state index is 0.101. The van der Waals surface area contributed by atoms with Crippen LogP contribution in [0.4, 0.5) is 35.5 Å². The average molecular weight is 595 g/mol. The fourth-order valence-corrected chi connectivity index (χ4v) is 3.61. The third kappa shape index (κ3) is 8.41. The second-order valence-electron chi connectivity index (χ2n) is 7.64. The zero-order valence-electron chi connectivity index (χ0n) is 18.8. The Morgan fingerprint density at radius 1 is 1.03 bits per heavy atom. The van der Waals surface area contributed by atoms with Gasteiger partial charge in [-0.15, -0.1) is 0 Å². The summed E-state index contributed by atoms with van der Waals surface area (Å²) in [6, 6.07) is 3.75. The normalized spacial score (nSPS) is 13.2. The number of nitrogens with one attached hydrogen (secondary N) is 2. The van der Waals surface area contributed by atoms with Crippen molar-refractivity contribution in [3.05, 3.63) is 73.7 Å². The summed E-state index contributed by atoms with van der Waals surface area (Å²) in [6.07, 6.45) is -9.28. The van der Waals surface area contributed by atoms with Crippen molar-refractivity contribution in [2.45, 2.75) is 25.2 Å². The van der Waals surface area contributed by atoms with E-state index in [1.165, 1.54) is 6.92 Å². The zero-order valence-corrected chi connectivity index (χ0v) is 21.1. The number of aryl methyl sites for hydroxylation is 1. The van der Waals surface area contributed by atoms with Crippen LogP contribution >= 0.6 is 34.8 Å². The minimum Gasteiger partial charge on any atom is -0.327 e. The fourth-order valence-electron chi connectivity index (χ4n) is 3.00. The highest BCUT2D eigenvalue weighted by Crippen LogP contribution is 2.42. The molecule has 0 aliphatic carbocycles. The van der Waals surface area contributed by atoms with E-state index in [0.29, 0.717) is 11.1 Å². The molecule has 2 aromatic carbocycles. The molecule has 0 fully saturated rings. The molecule has 1 atom stereocenters. The predicted molar refractivity (Wildman–Crippen MR) is 125 cm³/mol. The predicted octanol–water partition coefficient (Wildman–Crippen LogP) is 7.46. The fraction of sp³-hybridized carbons (Fsp3) is 0.273. The van der Waals surface area contributed by atoms with Gasteiger partial charge in [0.25, 0.3) is 5.91 Å². The molecule has 15 heteroatoms. The number of hydrazine groups is 1. The Balaban J connectivity index is 2.27. The van der Waals surface area contributed by atoms with Crippen LogP contribution in [0.25, 0.3) is 5.83 Å². The topological polar surface area (TPSA) is 61.4 Å². The molecular weight excluding hydrogens is 578 g/mol. The molecule has 0 aliphatic rings. The van der Waals surface area contributed by atoms with E-state index in [1.54, 1.807) is 5.32 Å². The molecule has 0 aliphatic heterocycles. The standard InChI is InChI=1S/C22H17Cl3F7N3O2/c1-10-5-11(3-4-13(10)19(36)34-35(2)20(37)33-9-21(27,28)29)17(26)8-14(22(30,31)32)12-6-15(23)18(25)16(24)7-12/h3-8,14H,9H2,1-2H3,(H,33,37)(H,34,36)/b17-8-. The number of nitrogens with zero attached hydrogens (tertiary/aromatic N) is 1. The lowest BCUT2D eigenvalue weighted by Gasteiger charge is -2.20. The number of allylic oxidation sites excluding steroid dienone is 1. The number of hydrogen-bond acceptors (Lipinski definition) is 2. The first-order valence-corrected chi connectivity index (χ1v) is 11.1. The van der Waals surface area contributed by atoms with E-state index in [-0.39, 0.29) is 31.8 Å². The Labute approximate surface area is 221 Å². The maximum absolute atomic E-state index is 14.9. The van der Waals surface area contributed by atoms with E-state index in [0.717, 1.165) is 37.4 Å². The van der Waals surface area contributed by atoms with Gasteiger partial charge in [-0.3, -0.25) is 10.2 Å². The van der Waals surface area contributed by atoms with Gasteiger partial charge in [0.2, 0.25) is 0 Å². The lowest BCUT2D eigenvalue weighted by molar-refractivity contribution is -0.139. The molecule has 202 valence electrons. The van der Waals surface area contributed by atoms with Gasteiger partial charge < -0.3 is 5.32 Å². The highest BCUT2D eigenvalue weighted by molar-refractivity contribution is 6.48. The highest BCUT2D eigenvalue weighted by Gasteiger charge is 2.40. The Kier molecular flexibility index (Phi) is 9.72. The van der Waals surface area contributed by atoms with Crippen LogP contribution in [-0.2, 0) is 0 Å². The second-order valence-corrected chi connectivity index (χ2v) is 8.83. The van der Waals surface area contributed by atoms with Crippen molar-refractivity contribution in [1.29, 1.82) is 0 Å². The molecule has 0 bridgehead atoms. The maximum atomic E-state index is 14.9. The number of benzene rings is 2. The van der Waals surface area contributed by atoms with Gasteiger partial charge in [-0.25, -0.2) is 14.2 Å². The van der Waals surface area contributed by atoms with Crippen molar-refractivity contribution in [3.8, 4) is 0 Å². The number of rotatable bonds is 5. The molecule has 2 rings (SSSR count). The van der Waals surface area contributed by atoms with Crippen molar-refractivity contribution in [2.24, 2.45) is 0 Å². The Morgan fingerprint density at radius 3 is 2.08 bits per heavy atom. The van der Waals surface area contributed by atoms with Crippen LogP contribution in [0.15, 0.2) is 36.4 Å². The zero-order chi connectivity index (χ0) is 28.3. The van der Waals surface area contributed by atoms with Gasteiger partial charge in [0.15, 0.2) is 0 Å². The van der Waals surface area contributed by atoms with Crippen LogP contribution in [0.2, 0.25) is 15.1 Å². The third-order valence-electron chi connectivity index (χ3n) is 4.79. The Hall–Kier alpha value is -2.70. The minimum atomic E-state index is -4.93. The Bertz CT molecular complexity index is 1190. The van der Waals surface area contributed by atoms with Gasteiger partial charge in [-0.1, -0.05) is 40.9 Å². The molecule has 0 saturated carbocycles. The van der Waals surface area contributed by atoms with Crippen LogP contribution < -0.4 is 10.7 Å². The molecule has 0 spiro atoms. The molecule has 37 heavy (non-hydrogen) atoms. The summed E-state index contributed by atoms with van der Waals surface area (Å²) < 4.78 is 92.7. The molecule has 0 radical (unpaired) electrons. The summed E-state index contributed by atoms with van der Waals surface area (Å²) in [4.78, 5) is 24.1. The third-order valence-corrected chi connectivity index (χ3v) is 5.99. The summed E-state index contributed by atoms with van der Waals surface area (Å²) in [5, 5.41) is 1.35. The summed E-state index contributed by atoms with van der Waals surface area (Å²) in [5.74, 6) is -4.65. The molecule has 0 saturated heterocycles. The van der Waals surface area contributed by atoms with Gasteiger partial charge in [-0.2, -0.15) is 26.3 Å². The van der Waals surface area contributed by atoms with E-state index in [4.69, 9.17) is 34.8 Å². The van der Waals surface area contributed by atoms with Crippen molar-refractivity contribution in [2.75, 3.05) is 13.6 Å². The number of urea groups is 1. The van der Waals surface area contributed by atoms with Gasteiger partial charge in [-0.05, 0) is 48.4 Å². The number of carbonyl (C=O) groups is 2. The average Bonchev–Trinajstić information content (AvgIpc) is 2.77. The second kappa shape index (κ2) is 11.8. The van der Waals surface area contributed by atoms with Crippen LogP contribution in [0.1, 0.15) is 33.0 Å². The summed E-state index contributed by atoms with van der Waals surface area (Å²) >= 11 is 17.4. The van der Waals surface area contributed by atoms with E-state index in [2.05, 4.69) is 0 Å². The monoisotopic (exact) mass is 593 g/mol. The van der Waals surface area contributed by atoms with Crippen molar-refractivity contribution < 1.29 is 40.3 Å². The molecule has 3 amide bonds. The number of amides is 3. The number of alkyl halides is 6. The first kappa shape index (κ1) is 30.5. The molecule has 1 unspecified atom stereocenters. The lowest BCUT2D eigenvalue weighted by Crippen LogP contribution is -2.50. The largest absolute Gasteiger partial charge is 0.405 e. The first-order valence-electron chi connectivity index (χ1n) is 9.99. The van der Waals surface area contributed by atoms with Gasteiger partial charge in [0.1, 0.15) is 18.3 Å². The molecule has 5 nitrogen and oxygen atoms in total. The number of carbonyl (C=O) groups excluding carboxylic acids is 2. The highest BCUT2D eigenvalue weighted by atomic mass is 35.5. The number of halogens is 10. The quantitative estimate of drug-likeness (QED) is 0.215. The smallest absolute Gasteiger partial charge is 0.327 e. The van der Waals surface area contributed by atoms with E-state index >= 15 is 0 Å². The summed E-state index contributed by atoms with van der Waals surface area (Å²) in [7, 11) is 0.988. The summed E-state index contributed by atoms with van der Waals surface area (Å²) in [5.41, 5.74) is 1.26. The SMILES string of the molecule is Cc1cc(/C(F)=C/C(c2cc(Cl)c(Cl)c(Cl)c2)C(F)(F)F)ccc1C(=O)NN(C)C(=O)NCC(F)(F)F. The van der Waals surface area contributed by atoms with Crippen molar-refractivity contribution in [1.82, 2.24) is 15.8 Å². The van der Waals surface area contributed by atoms with E-state index < -0.39 is 48.1 Å². The van der Waals surface area contributed by atoms with Crippen LogP contribution in [0, 0.1) is 6.92 Å². The van der Waals surface area contributed by atoms with Gasteiger partial charge >= 0.3 is 18.4 Å². The number of hydrogen-bond donors (Lipinski definition) is 2. The Morgan fingerprint density at radius 2 is 1.59 bits per heavy atom. The van der Waals surface area contributed by atoms with Crippen LogP contribution in [-0.4, -0.2) is 42.9 Å². The van der Waals surface area contributed by atoms with Crippen LogP contribution in [0.5, 0.6) is 0 Å². The van der Waals surface area contributed by atoms with Gasteiger partial charge in [0, 0.05) is 18.2 Å². The lowest BCUT2D eigenvalue weighted by atomic mass is 9.95. The molecule has 2 N–H and O–H groups in total. The van der Waals surface area contributed by atoms with E-state index in [1.807, 2.05) is 5.43 Å². The molecule has 0 aromatic heterocycles. The van der Waals surface area contributed by atoms with Crippen molar-refractivity contribution >= 4 is 52.6 Å². The van der Waals surface area contributed by atoms with Crippen LogP contribution in [0.3, 0.4) is 0 Å². The maximum Gasteiger partial charge on any atom is 0.405 e. The van der Waals surface area contributed by atoms with E-state index in [9.17, 15) is 40.3 Å². The molecule has 2 aromatic rings. The van der Waals surface area contributed by atoms with Gasteiger partial charge in [0.05, 0.1) is 15.1 Å². The first-order chi connectivity index (χ1) is 16.9. The summed E-state index contributed by atoms with van der Waals surface area (Å²) in [6.45, 7) is -0.284. The van der Waals surface area contributed by atoms with Crippen molar-refractivity contribution in [3.63, 3.8) is 0 Å². The molecular formula is C22H17Cl3F7N3O2.